The zero-order valence-electron chi connectivity index (χ0n) is 14.6. The molecule has 2 amide bonds. The van der Waals surface area contributed by atoms with Crippen molar-refractivity contribution >= 4 is 34.5 Å². The third-order valence-corrected chi connectivity index (χ3v) is 4.98. The third-order valence-electron chi connectivity index (χ3n) is 4.16. The molecule has 2 aromatic carbocycles. The monoisotopic (exact) mass is 379 g/mol. The maximum atomic E-state index is 12.7. The summed E-state index contributed by atoms with van der Waals surface area (Å²) in [4.78, 5) is 28.6. The van der Waals surface area contributed by atoms with Gasteiger partial charge in [0.15, 0.2) is 0 Å². The number of ether oxygens (including phenoxy) is 1. The smallest absolute Gasteiger partial charge is 0.259 e. The van der Waals surface area contributed by atoms with Crippen molar-refractivity contribution in [1.29, 1.82) is 0 Å². The van der Waals surface area contributed by atoms with Gasteiger partial charge in [-0.2, -0.15) is 0 Å². The molecule has 0 radical (unpaired) electrons. The number of benzene rings is 2. The number of anilines is 2. The molecule has 0 atom stereocenters. The first-order valence-corrected chi connectivity index (χ1v) is 9.33. The van der Waals surface area contributed by atoms with Crippen LogP contribution in [0, 0.1) is 6.92 Å². The lowest BCUT2D eigenvalue weighted by atomic mass is 10.1. The van der Waals surface area contributed by atoms with E-state index in [4.69, 9.17) is 4.74 Å². The van der Waals surface area contributed by atoms with E-state index < -0.39 is 0 Å². The van der Waals surface area contributed by atoms with Crippen LogP contribution < -0.4 is 15.4 Å². The van der Waals surface area contributed by atoms with Gasteiger partial charge in [0, 0.05) is 16.8 Å². The number of nitrogens with zero attached hydrogens (tertiary/aromatic N) is 1. The first-order valence-electron chi connectivity index (χ1n) is 8.45. The van der Waals surface area contributed by atoms with Crippen LogP contribution in [0.15, 0.2) is 47.8 Å². The van der Waals surface area contributed by atoms with Gasteiger partial charge >= 0.3 is 0 Å². The Labute approximate surface area is 160 Å². The summed E-state index contributed by atoms with van der Waals surface area (Å²) in [5, 5.41) is 8.57. The average molecular weight is 379 g/mol. The van der Waals surface area contributed by atoms with Crippen molar-refractivity contribution in [2.75, 3.05) is 10.6 Å². The highest BCUT2D eigenvalue weighted by Gasteiger charge is 2.19. The Hall–Kier alpha value is -3.19. The third kappa shape index (κ3) is 3.83. The van der Waals surface area contributed by atoms with Crippen molar-refractivity contribution < 1.29 is 14.3 Å². The highest BCUT2D eigenvalue weighted by atomic mass is 32.1. The predicted molar refractivity (Wildman–Crippen MR) is 104 cm³/mol. The molecule has 0 fully saturated rings. The molecule has 0 unspecified atom stereocenters. The summed E-state index contributed by atoms with van der Waals surface area (Å²) < 4.78 is 5.81. The van der Waals surface area contributed by atoms with Gasteiger partial charge in [-0.15, -0.1) is 11.3 Å². The van der Waals surface area contributed by atoms with Crippen LogP contribution in [0.4, 0.5) is 11.4 Å². The van der Waals surface area contributed by atoms with E-state index in [1.165, 1.54) is 0 Å². The molecule has 2 N–H and O–H groups in total. The van der Waals surface area contributed by atoms with Gasteiger partial charge in [-0.25, -0.2) is 4.98 Å². The van der Waals surface area contributed by atoms with Crippen molar-refractivity contribution in [2.45, 2.75) is 20.0 Å². The van der Waals surface area contributed by atoms with Gasteiger partial charge in [-0.3, -0.25) is 9.59 Å². The van der Waals surface area contributed by atoms with Gasteiger partial charge in [-0.1, -0.05) is 12.1 Å². The number of rotatable bonds is 5. The van der Waals surface area contributed by atoms with Crippen molar-refractivity contribution in [1.82, 2.24) is 4.98 Å². The van der Waals surface area contributed by atoms with Crippen molar-refractivity contribution in [3.05, 3.63) is 69.7 Å². The molecule has 1 aliphatic rings. The standard InChI is InChI=1S/C20H17N3O3S/c1-12-21-15(11-27-12)10-26-18-5-3-2-4-16(18)20(25)22-14-6-7-17-13(8-14)9-19(24)23-17/h2-8,11H,9-10H2,1H3,(H,22,25)(H,23,24). The zero-order chi connectivity index (χ0) is 18.8. The topological polar surface area (TPSA) is 80.3 Å². The molecule has 1 aliphatic heterocycles. The number of fused-ring (bicyclic) bond motifs is 1. The summed E-state index contributed by atoms with van der Waals surface area (Å²) in [6.45, 7) is 2.25. The summed E-state index contributed by atoms with van der Waals surface area (Å²) in [5.41, 5.74) is 3.59. The summed E-state index contributed by atoms with van der Waals surface area (Å²) >= 11 is 1.56. The fourth-order valence-corrected chi connectivity index (χ4v) is 3.51. The highest BCUT2D eigenvalue weighted by Crippen LogP contribution is 2.27. The second-order valence-electron chi connectivity index (χ2n) is 6.19. The fraction of sp³-hybridized carbons (Fsp3) is 0.150. The number of thiazole rings is 1. The molecule has 0 saturated carbocycles. The van der Waals surface area contributed by atoms with Crippen LogP contribution in [-0.2, 0) is 17.8 Å². The summed E-state index contributed by atoms with van der Waals surface area (Å²) in [6, 6.07) is 12.5. The van der Waals surface area contributed by atoms with Crippen LogP contribution >= 0.6 is 11.3 Å². The lowest BCUT2D eigenvalue weighted by Gasteiger charge is -2.11. The molecule has 3 aromatic rings. The first-order chi connectivity index (χ1) is 13.1. The second kappa shape index (κ2) is 7.20. The van der Waals surface area contributed by atoms with Crippen molar-refractivity contribution in [2.24, 2.45) is 0 Å². The number of nitrogens with one attached hydrogen (secondary N) is 2. The number of amides is 2. The van der Waals surface area contributed by atoms with Gasteiger partial charge in [0.05, 0.1) is 22.7 Å². The molecule has 7 heteroatoms. The van der Waals surface area contributed by atoms with Crippen LogP contribution in [-0.4, -0.2) is 16.8 Å². The van der Waals surface area contributed by atoms with Gasteiger partial charge in [-0.05, 0) is 42.8 Å². The number of carbonyl (C=O) groups is 2. The van der Waals surface area contributed by atoms with Crippen molar-refractivity contribution in [3.63, 3.8) is 0 Å². The Morgan fingerprint density at radius 3 is 2.96 bits per heavy atom. The lowest BCUT2D eigenvalue weighted by Crippen LogP contribution is -2.13. The normalized spacial score (nSPS) is 12.4. The largest absolute Gasteiger partial charge is 0.486 e. The molecule has 0 spiro atoms. The Balaban J connectivity index is 1.49. The number of hydrogen-bond donors (Lipinski definition) is 2. The molecule has 0 saturated heterocycles. The summed E-state index contributed by atoms with van der Waals surface area (Å²) in [7, 11) is 0. The van der Waals surface area contributed by atoms with Crippen LogP contribution in [0.25, 0.3) is 0 Å². The van der Waals surface area contributed by atoms with Crippen LogP contribution in [0.2, 0.25) is 0 Å². The van der Waals surface area contributed by atoms with E-state index in [-0.39, 0.29) is 11.8 Å². The molecule has 27 heavy (non-hydrogen) atoms. The highest BCUT2D eigenvalue weighted by molar-refractivity contribution is 7.09. The Kier molecular flexibility index (Phi) is 4.60. The van der Waals surface area contributed by atoms with Gasteiger partial charge < -0.3 is 15.4 Å². The first kappa shape index (κ1) is 17.2. The lowest BCUT2D eigenvalue weighted by molar-refractivity contribution is -0.115. The van der Waals surface area contributed by atoms with E-state index in [0.717, 1.165) is 22.0 Å². The maximum Gasteiger partial charge on any atom is 0.259 e. The minimum atomic E-state index is -0.266. The van der Waals surface area contributed by atoms with Gasteiger partial charge in [0.25, 0.3) is 5.91 Å². The Morgan fingerprint density at radius 1 is 1.30 bits per heavy atom. The summed E-state index contributed by atoms with van der Waals surface area (Å²) in [5.74, 6) is 0.195. The van der Waals surface area contributed by atoms with Crippen LogP contribution in [0.3, 0.4) is 0 Å². The van der Waals surface area contributed by atoms with Gasteiger partial charge in [0.1, 0.15) is 12.4 Å². The van der Waals surface area contributed by atoms with E-state index >= 15 is 0 Å². The number of carbonyl (C=O) groups excluding carboxylic acids is 2. The molecule has 6 nitrogen and oxygen atoms in total. The number of para-hydroxylation sites is 1. The predicted octanol–water partition coefficient (Wildman–Crippen LogP) is 3.78. The molecule has 1 aromatic heterocycles. The molecule has 4 rings (SSSR count). The fourth-order valence-electron chi connectivity index (χ4n) is 2.91. The Bertz CT molecular complexity index is 1030. The van der Waals surface area contributed by atoms with E-state index in [0.29, 0.717) is 30.0 Å². The number of hydrogen-bond acceptors (Lipinski definition) is 5. The van der Waals surface area contributed by atoms with E-state index in [2.05, 4.69) is 15.6 Å². The Morgan fingerprint density at radius 2 is 2.15 bits per heavy atom. The second-order valence-corrected chi connectivity index (χ2v) is 7.26. The van der Waals surface area contributed by atoms with E-state index in [1.807, 2.05) is 24.4 Å². The van der Waals surface area contributed by atoms with E-state index in [1.54, 1.807) is 41.7 Å². The molecule has 2 heterocycles. The molecule has 0 aliphatic carbocycles. The quantitative estimate of drug-likeness (QED) is 0.707. The maximum absolute atomic E-state index is 12.7. The molecular formula is C20H17N3O3S. The minimum absolute atomic E-state index is 0.0375. The number of aromatic nitrogens is 1. The van der Waals surface area contributed by atoms with Crippen molar-refractivity contribution in [3.8, 4) is 5.75 Å². The van der Waals surface area contributed by atoms with Crippen LogP contribution in [0.1, 0.15) is 26.6 Å². The average Bonchev–Trinajstić information content (AvgIpc) is 3.24. The van der Waals surface area contributed by atoms with Crippen LogP contribution in [0.5, 0.6) is 5.75 Å². The van der Waals surface area contributed by atoms with E-state index in [9.17, 15) is 9.59 Å². The summed E-state index contributed by atoms with van der Waals surface area (Å²) in [6.07, 6.45) is 0.325. The molecular weight excluding hydrogens is 362 g/mol. The SMILES string of the molecule is Cc1nc(COc2ccccc2C(=O)Nc2ccc3c(c2)CC(=O)N3)cs1. The minimum Gasteiger partial charge on any atom is -0.486 e. The molecule has 136 valence electrons. The molecule has 0 bridgehead atoms. The zero-order valence-corrected chi connectivity index (χ0v) is 15.4. The van der Waals surface area contributed by atoms with Gasteiger partial charge in [0.2, 0.25) is 5.91 Å². The number of aryl methyl sites for hydroxylation is 1.